The molecular weight excluding hydrogens is 371 g/mol. The highest BCUT2D eigenvalue weighted by Crippen LogP contribution is 2.23. The fraction of sp³-hybridized carbons (Fsp3) is 0.263. The van der Waals surface area contributed by atoms with Gasteiger partial charge in [0.15, 0.2) is 0 Å². The summed E-state index contributed by atoms with van der Waals surface area (Å²) in [6, 6.07) is 11.9. The second-order valence-corrected chi connectivity index (χ2v) is 6.30. The van der Waals surface area contributed by atoms with Crippen molar-refractivity contribution in [3.05, 3.63) is 54.4 Å². The fourth-order valence-corrected chi connectivity index (χ4v) is 3.14. The number of pyridine rings is 1. The maximum absolute atomic E-state index is 12.2. The number of benzene rings is 1. The maximum atomic E-state index is 12.2. The van der Waals surface area contributed by atoms with Gasteiger partial charge in [-0.2, -0.15) is 0 Å². The molecule has 1 unspecified atom stereocenters. The number of aromatic nitrogens is 2. The molecule has 1 aliphatic rings. The zero-order chi connectivity index (χ0) is 16.5. The van der Waals surface area contributed by atoms with Crippen LogP contribution in [0.15, 0.2) is 48.8 Å². The molecule has 1 aromatic carbocycles. The predicted molar refractivity (Wildman–Crippen MR) is 109 cm³/mol. The smallest absolute Gasteiger partial charge is 0.228 e. The fourth-order valence-electron chi connectivity index (χ4n) is 3.14. The molecule has 0 saturated carbocycles. The van der Waals surface area contributed by atoms with Gasteiger partial charge in [0.2, 0.25) is 5.91 Å². The molecule has 0 spiro atoms. The van der Waals surface area contributed by atoms with Crippen molar-refractivity contribution in [3.63, 3.8) is 0 Å². The maximum Gasteiger partial charge on any atom is 0.228 e. The molecule has 0 bridgehead atoms. The second-order valence-electron chi connectivity index (χ2n) is 6.30. The molecule has 1 atom stereocenters. The van der Waals surface area contributed by atoms with Crippen LogP contribution in [0.3, 0.4) is 0 Å². The molecule has 3 heterocycles. The zero-order valence-electron chi connectivity index (χ0n) is 14.4. The van der Waals surface area contributed by atoms with Crippen LogP contribution in [0.1, 0.15) is 12.0 Å². The first kappa shape index (κ1) is 20.2. The molecule has 1 saturated heterocycles. The van der Waals surface area contributed by atoms with E-state index >= 15 is 0 Å². The average molecular weight is 393 g/mol. The van der Waals surface area contributed by atoms with Crippen molar-refractivity contribution < 1.29 is 4.79 Å². The van der Waals surface area contributed by atoms with E-state index in [2.05, 4.69) is 23.6 Å². The summed E-state index contributed by atoms with van der Waals surface area (Å²) in [6.45, 7) is 3.75. The van der Waals surface area contributed by atoms with Crippen LogP contribution in [0, 0.1) is 12.8 Å². The minimum atomic E-state index is 0. The number of hydrogen-bond acceptors (Lipinski definition) is 3. The number of fused-ring (bicyclic) bond motifs is 1. The average Bonchev–Trinajstić information content (AvgIpc) is 3.26. The summed E-state index contributed by atoms with van der Waals surface area (Å²) < 4.78 is 2.04. The van der Waals surface area contributed by atoms with Crippen molar-refractivity contribution in [1.82, 2.24) is 14.7 Å². The highest BCUT2D eigenvalue weighted by molar-refractivity contribution is 5.93. The number of imidazole rings is 1. The lowest BCUT2D eigenvalue weighted by Crippen LogP contribution is -2.24. The van der Waals surface area contributed by atoms with E-state index in [4.69, 9.17) is 4.98 Å². The molecule has 5 nitrogen and oxygen atoms in total. The lowest BCUT2D eigenvalue weighted by molar-refractivity contribution is -0.119. The monoisotopic (exact) mass is 392 g/mol. The number of aryl methyl sites for hydroxylation is 1. The SMILES string of the molecule is Cc1cccn2cc(-c3ccc(NC(=O)C4CCNC4)cc3)nc12.Cl.Cl. The number of hydrogen-bond donors (Lipinski definition) is 2. The van der Waals surface area contributed by atoms with E-state index in [1.807, 2.05) is 47.1 Å². The Hall–Kier alpha value is -2.08. The van der Waals surface area contributed by atoms with Gasteiger partial charge in [0.05, 0.1) is 11.6 Å². The predicted octanol–water partition coefficient (Wildman–Crippen LogP) is 3.70. The van der Waals surface area contributed by atoms with E-state index in [9.17, 15) is 4.79 Å². The lowest BCUT2D eigenvalue weighted by Gasteiger charge is -2.10. The van der Waals surface area contributed by atoms with E-state index in [1.165, 1.54) is 0 Å². The highest BCUT2D eigenvalue weighted by atomic mass is 35.5. The van der Waals surface area contributed by atoms with Crippen molar-refractivity contribution in [1.29, 1.82) is 0 Å². The Morgan fingerprint density at radius 3 is 2.65 bits per heavy atom. The normalized spacial score (nSPS) is 16.0. The molecular formula is C19H22Cl2N4O. The van der Waals surface area contributed by atoms with Crippen LogP contribution in [-0.2, 0) is 4.79 Å². The van der Waals surface area contributed by atoms with Crippen molar-refractivity contribution in [3.8, 4) is 11.3 Å². The number of rotatable bonds is 3. The molecule has 1 amide bonds. The van der Waals surface area contributed by atoms with Crippen LogP contribution in [0.25, 0.3) is 16.9 Å². The van der Waals surface area contributed by atoms with Gasteiger partial charge < -0.3 is 15.0 Å². The number of anilines is 1. The van der Waals surface area contributed by atoms with E-state index in [0.29, 0.717) is 0 Å². The number of amides is 1. The number of carbonyl (C=O) groups excluding carboxylic acids is 1. The van der Waals surface area contributed by atoms with Crippen molar-refractivity contribution in [2.45, 2.75) is 13.3 Å². The Balaban J connectivity index is 0.00000121. The minimum absolute atomic E-state index is 0. The molecule has 1 aliphatic heterocycles. The van der Waals surface area contributed by atoms with Gasteiger partial charge in [-0.15, -0.1) is 24.8 Å². The molecule has 3 aromatic rings. The van der Waals surface area contributed by atoms with Crippen molar-refractivity contribution in [2.75, 3.05) is 18.4 Å². The summed E-state index contributed by atoms with van der Waals surface area (Å²) in [5.41, 5.74) is 4.92. The largest absolute Gasteiger partial charge is 0.326 e. The van der Waals surface area contributed by atoms with Gasteiger partial charge in [0.25, 0.3) is 0 Å². The molecule has 1 fully saturated rings. The highest BCUT2D eigenvalue weighted by Gasteiger charge is 2.22. The number of nitrogens with one attached hydrogen (secondary N) is 2. The van der Waals surface area contributed by atoms with Crippen LogP contribution in [0.5, 0.6) is 0 Å². The summed E-state index contributed by atoms with van der Waals surface area (Å²) >= 11 is 0. The van der Waals surface area contributed by atoms with E-state index in [0.717, 1.165) is 47.7 Å². The Morgan fingerprint density at radius 2 is 2.00 bits per heavy atom. The van der Waals surface area contributed by atoms with Crippen molar-refractivity contribution >= 4 is 42.1 Å². The van der Waals surface area contributed by atoms with Crippen LogP contribution in [0.2, 0.25) is 0 Å². The summed E-state index contributed by atoms with van der Waals surface area (Å²) in [4.78, 5) is 16.9. The third-order valence-corrected chi connectivity index (χ3v) is 4.56. The molecule has 2 N–H and O–H groups in total. The van der Waals surface area contributed by atoms with Gasteiger partial charge >= 0.3 is 0 Å². The summed E-state index contributed by atoms with van der Waals surface area (Å²) in [5.74, 6) is 0.169. The minimum Gasteiger partial charge on any atom is -0.326 e. The molecule has 26 heavy (non-hydrogen) atoms. The van der Waals surface area contributed by atoms with Gasteiger partial charge in [-0.25, -0.2) is 4.98 Å². The van der Waals surface area contributed by atoms with E-state index < -0.39 is 0 Å². The molecule has 138 valence electrons. The second kappa shape index (κ2) is 8.54. The van der Waals surface area contributed by atoms with Gasteiger partial charge in [-0.3, -0.25) is 4.79 Å². The van der Waals surface area contributed by atoms with E-state index in [1.54, 1.807) is 0 Å². The Bertz CT molecular complexity index is 886. The third kappa shape index (κ3) is 4.01. The molecule has 7 heteroatoms. The van der Waals surface area contributed by atoms with Crippen LogP contribution >= 0.6 is 24.8 Å². The first-order valence-corrected chi connectivity index (χ1v) is 8.27. The Kier molecular flexibility index (Phi) is 6.64. The zero-order valence-corrected chi connectivity index (χ0v) is 16.1. The van der Waals surface area contributed by atoms with Crippen molar-refractivity contribution in [2.24, 2.45) is 5.92 Å². The van der Waals surface area contributed by atoms with E-state index in [-0.39, 0.29) is 36.6 Å². The van der Waals surface area contributed by atoms with Crippen LogP contribution < -0.4 is 10.6 Å². The summed E-state index contributed by atoms with van der Waals surface area (Å²) in [5, 5.41) is 6.21. The Morgan fingerprint density at radius 1 is 1.23 bits per heavy atom. The number of nitrogens with zero attached hydrogens (tertiary/aromatic N) is 2. The quantitative estimate of drug-likeness (QED) is 0.714. The Labute approximate surface area is 165 Å². The molecule has 0 aliphatic carbocycles. The molecule has 0 radical (unpaired) electrons. The van der Waals surface area contributed by atoms with Gasteiger partial charge in [-0.1, -0.05) is 18.2 Å². The lowest BCUT2D eigenvalue weighted by atomic mass is 10.1. The standard InChI is InChI=1S/C19H20N4O.2ClH/c1-13-3-2-10-23-12-17(22-18(13)23)14-4-6-16(7-5-14)21-19(24)15-8-9-20-11-15;;/h2-7,10,12,15,20H,8-9,11H2,1H3,(H,21,24);2*1H. The van der Waals surface area contributed by atoms with Gasteiger partial charge in [0.1, 0.15) is 5.65 Å². The van der Waals surface area contributed by atoms with Crippen LogP contribution in [0.4, 0.5) is 5.69 Å². The number of carbonyl (C=O) groups is 1. The van der Waals surface area contributed by atoms with Gasteiger partial charge in [0, 0.05) is 30.2 Å². The first-order chi connectivity index (χ1) is 11.7. The first-order valence-electron chi connectivity index (χ1n) is 8.27. The molecule has 2 aromatic heterocycles. The summed E-state index contributed by atoms with van der Waals surface area (Å²) in [6.07, 6.45) is 4.94. The number of halogens is 2. The molecule has 4 rings (SSSR count). The third-order valence-electron chi connectivity index (χ3n) is 4.56. The van der Waals surface area contributed by atoms with Gasteiger partial charge in [-0.05, 0) is 43.7 Å². The topological polar surface area (TPSA) is 58.4 Å². The van der Waals surface area contributed by atoms with Crippen LogP contribution in [-0.4, -0.2) is 28.4 Å². The summed E-state index contributed by atoms with van der Waals surface area (Å²) in [7, 11) is 0.